The standard InChI is InChI=1S/C17H18N6S2/c24-17(18-13-5-2-1-3-6-13)22-10-8-14(9-11-22)23-20-16(19-21-23)15-7-4-12-25-15/h1-7,12,14H,8-11H2,(H,18,24). The minimum absolute atomic E-state index is 0.275. The molecular formula is C17H18N6S2. The van der Waals surface area contributed by atoms with Crippen molar-refractivity contribution in [2.24, 2.45) is 0 Å². The number of anilines is 1. The van der Waals surface area contributed by atoms with Crippen molar-refractivity contribution >= 4 is 34.4 Å². The molecule has 0 aliphatic carbocycles. The molecule has 0 atom stereocenters. The summed E-state index contributed by atoms with van der Waals surface area (Å²) in [6, 6.07) is 14.3. The van der Waals surface area contributed by atoms with Gasteiger partial charge in [0.05, 0.1) is 10.9 Å². The first kappa shape index (κ1) is 16.2. The lowest BCUT2D eigenvalue weighted by molar-refractivity contribution is 0.238. The van der Waals surface area contributed by atoms with Gasteiger partial charge in [0.1, 0.15) is 0 Å². The first-order chi connectivity index (χ1) is 12.3. The van der Waals surface area contributed by atoms with E-state index < -0.39 is 0 Å². The second kappa shape index (κ2) is 7.28. The van der Waals surface area contributed by atoms with Crippen LogP contribution in [0.5, 0.6) is 0 Å². The molecule has 0 radical (unpaired) electrons. The number of nitrogens with zero attached hydrogens (tertiary/aromatic N) is 5. The zero-order valence-corrected chi connectivity index (χ0v) is 15.2. The van der Waals surface area contributed by atoms with Crippen molar-refractivity contribution in [1.82, 2.24) is 25.1 Å². The van der Waals surface area contributed by atoms with Crippen molar-refractivity contribution in [1.29, 1.82) is 0 Å². The summed E-state index contributed by atoms with van der Waals surface area (Å²) >= 11 is 7.16. The Balaban J connectivity index is 1.34. The quantitative estimate of drug-likeness (QED) is 0.713. The first-order valence-corrected chi connectivity index (χ1v) is 9.53. The second-order valence-electron chi connectivity index (χ2n) is 5.93. The number of nitrogens with one attached hydrogen (secondary N) is 1. The monoisotopic (exact) mass is 370 g/mol. The van der Waals surface area contributed by atoms with Crippen molar-refractivity contribution in [3.05, 3.63) is 47.8 Å². The zero-order valence-electron chi connectivity index (χ0n) is 13.6. The summed E-state index contributed by atoms with van der Waals surface area (Å²) in [7, 11) is 0. The molecule has 3 aromatic rings. The Kier molecular flexibility index (Phi) is 4.71. The van der Waals surface area contributed by atoms with E-state index in [1.807, 2.05) is 47.8 Å². The fraction of sp³-hybridized carbons (Fsp3) is 0.294. The zero-order chi connectivity index (χ0) is 17.1. The van der Waals surface area contributed by atoms with Gasteiger partial charge in [-0.2, -0.15) is 4.80 Å². The molecule has 6 nitrogen and oxygen atoms in total. The number of thiophene rings is 1. The predicted octanol–water partition coefficient (Wildman–Crippen LogP) is 3.44. The van der Waals surface area contributed by atoms with E-state index >= 15 is 0 Å². The lowest BCUT2D eigenvalue weighted by atomic mass is 10.1. The molecular weight excluding hydrogens is 352 g/mol. The molecule has 0 unspecified atom stereocenters. The van der Waals surface area contributed by atoms with Crippen molar-refractivity contribution in [3.8, 4) is 10.7 Å². The van der Waals surface area contributed by atoms with E-state index in [9.17, 15) is 0 Å². The Bertz CT molecular complexity index is 822. The summed E-state index contributed by atoms with van der Waals surface area (Å²) in [5, 5.41) is 19.1. The van der Waals surface area contributed by atoms with Gasteiger partial charge in [0, 0.05) is 18.8 Å². The molecule has 1 aromatic carbocycles. The van der Waals surface area contributed by atoms with Gasteiger partial charge in [-0.1, -0.05) is 24.3 Å². The summed E-state index contributed by atoms with van der Waals surface area (Å²) in [6.45, 7) is 1.78. The van der Waals surface area contributed by atoms with Gasteiger partial charge in [-0.15, -0.1) is 21.5 Å². The Labute approximate surface area is 155 Å². The molecule has 4 rings (SSSR count). The molecule has 1 aliphatic heterocycles. The summed E-state index contributed by atoms with van der Waals surface area (Å²) < 4.78 is 0. The number of hydrogen-bond donors (Lipinski definition) is 1. The van der Waals surface area contributed by atoms with Gasteiger partial charge in [-0.3, -0.25) is 0 Å². The average Bonchev–Trinajstić information content (AvgIpc) is 3.34. The van der Waals surface area contributed by atoms with Crippen LogP contribution in [0.3, 0.4) is 0 Å². The van der Waals surface area contributed by atoms with E-state index in [0.717, 1.165) is 41.6 Å². The maximum Gasteiger partial charge on any atom is 0.214 e. The highest BCUT2D eigenvalue weighted by Crippen LogP contribution is 2.24. The Morgan fingerprint density at radius 2 is 1.92 bits per heavy atom. The van der Waals surface area contributed by atoms with Gasteiger partial charge in [0.25, 0.3) is 0 Å². The van der Waals surface area contributed by atoms with Crippen LogP contribution in [-0.4, -0.2) is 43.3 Å². The van der Waals surface area contributed by atoms with Gasteiger partial charge >= 0.3 is 0 Å². The van der Waals surface area contributed by atoms with Crippen LogP contribution < -0.4 is 5.32 Å². The maximum atomic E-state index is 5.54. The number of tetrazole rings is 1. The molecule has 1 aliphatic rings. The van der Waals surface area contributed by atoms with Gasteiger partial charge in [0.15, 0.2) is 5.11 Å². The molecule has 8 heteroatoms. The van der Waals surface area contributed by atoms with E-state index in [1.165, 1.54) is 0 Å². The van der Waals surface area contributed by atoms with E-state index in [0.29, 0.717) is 5.82 Å². The fourth-order valence-electron chi connectivity index (χ4n) is 2.91. The average molecular weight is 371 g/mol. The summed E-state index contributed by atoms with van der Waals surface area (Å²) in [4.78, 5) is 5.02. The third-order valence-electron chi connectivity index (χ3n) is 4.27. The SMILES string of the molecule is S=C(Nc1ccccc1)N1CCC(n2nnc(-c3cccs3)n2)CC1. The fourth-order valence-corrected chi connectivity index (χ4v) is 3.86. The predicted molar refractivity (Wildman–Crippen MR) is 104 cm³/mol. The molecule has 128 valence electrons. The highest BCUT2D eigenvalue weighted by Gasteiger charge is 2.24. The van der Waals surface area contributed by atoms with Crippen LogP contribution in [0, 0.1) is 0 Å². The smallest absolute Gasteiger partial charge is 0.214 e. The minimum Gasteiger partial charge on any atom is -0.349 e. The number of para-hydroxylation sites is 1. The van der Waals surface area contributed by atoms with Gasteiger partial charge in [-0.25, -0.2) is 0 Å². The van der Waals surface area contributed by atoms with Crippen LogP contribution in [0.25, 0.3) is 10.7 Å². The van der Waals surface area contributed by atoms with Gasteiger partial charge in [-0.05, 0) is 53.9 Å². The largest absolute Gasteiger partial charge is 0.349 e. The van der Waals surface area contributed by atoms with Crippen molar-refractivity contribution < 1.29 is 0 Å². The number of thiocarbonyl (C=S) groups is 1. The third-order valence-corrected chi connectivity index (χ3v) is 5.50. The number of hydrogen-bond acceptors (Lipinski definition) is 5. The normalized spacial score (nSPS) is 15.3. The third kappa shape index (κ3) is 3.69. The first-order valence-electron chi connectivity index (χ1n) is 8.24. The summed E-state index contributed by atoms with van der Waals surface area (Å²) in [5.41, 5.74) is 1.02. The van der Waals surface area contributed by atoms with Crippen molar-refractivity contribution in [2.75, 3.05) is 18.4 Å². The molecule has 0 spiro atoms. The van der Waals surface area contributed by atoms with E-state index in [2.05, 4.69) is 25.6 Å². The van der Waals surface area contributed by atoms with E-state index in [1.54, 1.807) is 16.1 Å². The van der Waals surface area contributed by atoms with E-state index in [4.69, 9.17) is 12.2 Å². The number of piperidine rings is 1. The van der Waals surface area contributed by atoms with Crippen LogP contribution in [-0.2, 0) is 0 Å². The number of rotatable bonds is 3. The van der Waals surface area contributed by atoms with Crippen LogP contribution in [0.4, 0.5) is 5.69 Å². The van der Waals surface area contributed by atoms with Crippen LogP contribution in [0.1, 0.15) is 18.9 Å². The van der Waals surface area contributed by atoms with Gasteiger partial charge in [0.2, 0.25) is 5.82 Å². The van der Waals surface area contributed by atoms with Crippen molar-refractivity contribution in [3.63, 3.8) is 0 Å². The molecule has 1 N–H and O–H groups in total. The molecule has 1 saturated heterocycles. The topological polar surface area (TPSA) is 58.9 Å². The number of benzene rings is 1. The van der Waals surface area contributed by atoms with E-state index in [-0.39, 0.29) is 6.04 Å². The second-order valence-corrected chi connectivity index (χ2v) is 7.26. The molecule has 3 heterocycles. The Morgan fingerprint density at radius 3 is 2.64 bits per heavy atom. The molecule has 1 fully saturated rings. The number of aromatic nitrogens is 4. The number of likely N-dealkylation sites (tertiary alicyclic amines) is 1. The summed E-state index contributed by atoms with van der Waals surface area (Å²) in [5.74, 6) is 0.707. The molecule has 25 heavy (non-hydrogen) atoms. The molecule has 0 saturated carbocycles. The van der Waals surface area contributed by atoms with Crippen LogP contribution in [0.15, 0.2) is 47.8 Å². The molecule has 0 bridgehead atoms. The van der Waals surface area contributed by atoms with Crippen LogP contribution >= 0.6 is 23.6 Å². The highest BCUT2D eigenvalue weighted by molar-refractivity contribution is 7.80. The molecule has 0 amide bonds. The molecule has 2 aromatic heterocycles. The highest BCUT2D eigenvalue weighted by atomic mass is 32.1. The Hall–Kier alpha value is -2.32. The Morgan fingerprint density at radius 1 is 1.12 bits per heavy atom. The lowest BCUT2D eigenvalue weighted by Crippen LogP contribution is -2.41. The minimum atomic E-state index is 0.275. The van der Waals surface area contributed by atoms with Gasteiger partial charge < -0.3 is 10.2 Å². The summed E-state index contributed by atoms with van der Waals surface area (Å²) in [6.07, 6.45) is 1.91. The maximum absolute atomic E-state index is 5.54. The lowest BCUT2D eigenvalue weighted by Gasteiger charge is -2.33. The van der Waals surface area contributed by atoms with Crippen molar-refractivity contribution in [2.45, 2.75) is 18.9 Å². The van der Waals surface area contributed by atoms with Crippen LogP contribution in [0.2, 0.25) is 0 Å².